The third-order valence-corrected chi connectivity index (χ3v) is 2.32. The quantitative estimate of drug-likeness (QED) is 0.641. The number of ether oxygens (including phenoxy) is 1. The van der Waals surface area contributed by atoms with Crippen LogP contribution < -0.4 is 4.74 Å². The standard InChI is InChI=1S/C9H7BrO/c10-8-4-1-5-9-7(8)3-2-6-11-9/h1-5H,6H2. The van der Waals surface area contributed by atoms with Gasteiger partial charge in [-0.05, 0) is 18.2 Å². The van der Waals surface area contributed by atoms with Crippen molar-refractivity contribution in [2.24, 2.45) is 0 Å². The summed E-state index contributed by atoms with van der Waals surface area (Å²) in [5, 5.41) is 0. The molecule has 0 bridgehead atoms. The molecule has 0 amide bonds. The van der Waals surface area contributed by atoms with E-state index in [0.717, 1.165) is 15.8 Å². The number of halogens is 1. The molecule has 0 spiro atoms. The number of fused-ring (bicyclic) bond motifs is 1. The Morgan fingerprint density at radius 1 is 1.36 bits per heavy atom. The van der Waals surface area contributed by atoms with E-state index < -0.39 is 0 Å². The molecule has 0 aromatic heterocycles. The smallest absolute Gasteiger partial charge is 0.128 e. The molecule has 0 radical (unpaired) electrons. The van der Waals surface area contributed by atoms with Gasteiger partial charge in [-0.1, -0.05) is 28.1 Å². The van der Waals surface area contributed by atoms with Gasteiger partial charge in [0.2, 0.25) is 0 Å². The average Bonchev–Trinajstić information content (AvgIpc) is 2.06. The minimum Gasteiger partial charge on any atom is -0.489 e. The summed E-state index contributed by atoms with van der Waals surface area (Å²) >= 11 is 3.45. The van der Waals surface area contributed by atoms with Gasteiger partial charge in [0, 0.05) is 10.0 Å². The first-order valence-corrected chi connectivity index (χ1v) is 4.25. The first-order valence-electron chi connectivity index (χ1n) is 3.46. The fraction of sp³-hybridized carbons (Fsp3) is 0.111. The fourth-order valence-electron chi connectivity index (χ4n) is 1.11. The summed E-state index contributed by atoms with van der Waals surface area (Å²) in [6.07, 6.45) is 4.08. The molecule has 0 saturated heterocycles. The van der Waals surface area contributed by atoms with Crippen molar-refractivity contribution >= 4 is 22.0 Å². The van der Waals surface area contributed by atoms with Gasteiger partial charge in [-0.25, -0.2) is 0 Å². The van der Waals surface area contributed by atoms with Gasteiger partial charge < -0.3 is 4.74 Å². The van der Waals surface area contributed by atoms with Gasteiger partial charge in [0.15, 0.2) is 0 Å². The lowest BCUT2D eigenvalue weighted by Crippen LogP contribution is -1.99. The molecule has 1 nitrogen and oxygen atoms in total. The molecule has 11 heavy (non-hydrogen) atoms. The highest BCUT2D eigenvalue weighted by atomic mass is 79.9. The van der Waals surface area contributed by atoms with Crippen LogP contribution in [0, 0.1) is 0 Å². The minimum absolute atomic E-state index is 0.684. The summed E-state index contributed by atoms with van der Waals surface area (Å²) in [7, 11) is 0. The summed E-state index contributed by atoms with van der Waals surface area (Å²) in [6, 6.07) is 5.96. The van der Waals surface area contributed by atoms with Crippen molar-refractivity contribution < 1.29 is 4.74 Å². The molecule has 1 aromatic carbocycles. The molecule has 56 valence electrons. The van der Waals surface area contributed by atoms with Crippen LogP contribution in [0.5, 0.6) is 5.75 Å². The predicted molar refractivity (Wildman–Crippen MR) is 48.7 cm³/mol. The molecule has 0 atom stereocenters. The number of hydrogen-bond donors (Lipinski definition) is 0. The molecule has 0 unspecified atom stereocenters. The third kappa shape index (κ3) is 1.18. The number of rotatable bonds is 0. The van der Waals surface area contributed by atoms with Crippen LogP contribution in [0.25, 0.3) is 6.08 Å². The number of benzene rings is 1. The maximum absolute atomic E-state index is 5.39. The Labute approximate surface area is 73.8 Å². The predicted octanol–water partition coefficient (Wildman–Crippen LogP) is 2.85. The van der Waals surface area contributed by atoms with E-state index in [-0.39, 0.29) is 0 Å². The van der Waals surface area contributed by atoms with Crippen molar-refractivity contribution in [1.29, 1.82) is 0 Å². The summed E-state index contributed by atoms with van der Waals surface area (Å²) < 4.78 is 6.48. The molecular weight excluding hydrogens is 204 g/mol. The Morgan fingerprint density at radius 3 is 3.09 bits per heavy atom. The van der Waals surface area contributed by atoms with Crippen molar-refractivity contribution in [3.8, 4) is 5.75 Å². The molecule has 0 aliphatic carbocycles. The third-order valence-electron chi connectivity index (χ3n) is 1.63. The number of hydrogen-bond acceptors (Lipinski definition) is 1. The van der Waals surface area contributed by atoms with Gasteiger partial charge in [0.1, 0.15) is 12.4 Å². The van der Waals surface area contributed by atoms with Crippen LogP contribution in [0.3, 0.4) is 0 Å². The zero-order chi connectivity index (χ0) is 7.68. The Bertz CT molecular complexity index is 304. The zero-order valence-corrected chi connectivity index (χ0v) is 7.47. The highest BCUT2D eigenvalue weighted by molar-refractivity contribution is 9.10. The lowest BCUT2D eigenvalue weighted by molar-refractivity contribution is 0.358. The van der Waals surface area contributed by atoms with Crippen LogP contribution in [0.2, 0.25) is 0 Å². The molecule has 2 rings (SSSR count). The topological polar surface area (TPSA) is 9.23 Å². The van der Waals surface area contributed by atoms with E-state index >= 15 is 0 Å². The van der Waals surface area contributed by atoms with Crippen molar-refractivity contribution in [3.05, 3.63) is 34.3 Å². The van der Waals surface area contributed by atoms with Gasteiger partial charge in [-0.2, -0.15) is 0 Å². The molecular formula is C9H7BrO. The van der Waals surface area contributed by atoms with Gasteiger partial charge in [0.25, 0.3) is 0 Å². The van der Waals surface area contributed by atoms with Gasteiger partial charge in [-0.3, -0.25) is 0 Å². The van der Waals surface area contributed by atoms with E-state index in [1.807, 2.05) is 24.3 Å². The largest absolute Gasteiger partial charge is 0.489 e. The zero-order valence-electron chi connectivity index (χ0n) is 5.88. The van der Waals surface area contributed by atoms with Crippen LogP contribution in [0.15, 0.2) is 28.7 Å². The van der Waals surface area contributed by atoms with Crippen molar-refractivity contribution in [2.45, 2.75) is 0 Å². The maximum atomic E-state index is 5.39. The highest BCUT2D eigenvalue weighted by Gasteiger charge is 2.06. The van der Waals surface area contributed by atoms with Crippen LogP contribution in [0.4, 0.5) is 0 Å². The Morgan fingerprint density at radius 2 is 2.27 bits per heavy atom. The van der Waals surface area contributed by atoms with E-state index in [1.165, 1.54) is 0 Å². The lowest BCUT2D eigenvalue weighted by atomic mass is 10.1. The second kappa shape index (κ2) is 2.70. The van der Waals surface area contributed by atoms with Gasteiger partial charge in [-0.15, -0.1) is 0 Å². The lowest BCUT2D eigenvalue weighted by Gasteiger charge is -2.12. The van der Waals surface area contributed by atoms with E-state index in [4.69, 9.17) is 4.74 Å². The van der Waals surface area contributed by atoms with Gasteiger partial charge in [0.05, 0.1) is 0 Å². The Hall–Kier alpha value is -0.760. The Kier molecular flexibility index (Phi) is 1.70. The second-order valence-corrected chi connectivity index (χ2v) is 3.22. The molecule has 0 saturated carbocycles. The minimum atomic E-state index is 0.684. The first kappa shape index (κ1) is 6.92. The molecule has 0 fully saturated rings. The second-order valence-electron chi connectivity index (χ2n) is 2.37. The average molecular weight is 211 g/mol. The summed E-state index contributed by atoms with van der Waals surface area (Å²) in [5.74, 6) is 0.960. The van der Waals surface area contributed by atoms with Crippen molar-refractivity contribution in [1.82, 2.24) is 0 Å². The SMILES string of the molecule is Brc1cccc2c1C=CCO2. The highest BCUT2D eigenvalue weighted by Crippen LogP contribution is 2.29. The molecule has 0 N–H and O–H groups in total. The molecule has 1 aliphatic rings. The van der Waals surface area contributed by atoms with Crippen LogP contribution in [-0.2, 0) is 0 Å². The summed E-state index contributed by atoms with van der Waals surface area (Å²) in [4.78, 5) is 0. The molecule has 2 heteroatoms. The van der Waals surface area contributed by atoms with Crippen molar-refractivity contribution in [3.63, 3.8) is 0 Å². The van der Waals surface area contributed by atoms with E-state index in [2.05, 4.69) is 22.0 Å². The van der Waals surface area contributed by atoms with Crippen LogP contribution in [-0.4, -0.2) is 6.61 Å². The monoisotopic (exact) mass is 210 g/mol. The maximum Gasteiger partial charge on any atom is 0.128 e. The molecule has 1 aliphatic heterocycles. The van der Waals surface area contributed by atoms with E-state index in [1.54, 1.807) is 0 Å². The fourth-order valence-corrected chi connectivity index (χ4v) is 1.59. The van der Waals surface area contributed by atoms with E-state index in [9.17, 15) is 0 Å². The Balaban J connectivity index is 2.60. The first-order chi connectivity index (χ1) is 5.38. The normalized spacial score (nSPS) is 13.9. The molecule has 1 aromatic rings. The summed E-state index contributed by atoms with van der Waals surface area (Å²) in [5.41, 5.74) is 1.14. The van der Waals surface area contributed by atoms with Crippen molar-refractivity contribution in [2.75, 3.05) is 6.61 Å². The van der Waals surface area contributed by atoms with Crippen LogP contribution >= 0.6 is 15.9 Å². The van der Waals surface area contributed by atoms with E-state index in [0.29, 0.717) is 6.61 Å². The summed E-state index contributed by atoms with van der Waals surface area (Å²) in [6.45, 7) is 0.684. The van der Waals surface area contributed by atoms with Crippen LogP contribution in [0.1, 0.15) is 5.56 Å². The molecule has 1 heterocycles. The van der Waals surface area contributed by atoms with Gasteiger partial charge >= 0.3 is 0 Å².